The lowest BCUT2D eigenvalue weighted by Gasteiger charge is -2.14. The number of hydrogen-bond acceptors (Lipinski definition) is 3. The summed E-state index contributed by atoms with van der Waals surface area (Å²) in [6.45, 7) is 3.95. The van der Waals surface area contributed by atoms with Gasteiger partial charge in [-0.15, -0.1) is 0 Å². The molecule has 0 saturated carbocycles. The van der Waals surface area contributed by atoms with Crippen LogP contribution in [-0.4, -0.2) is 14.9 Å². The van der Waals surface area contributed by atoms with Crippen LogP contribution in [0.15, 0.2) is 29.0 Å². The number of aromatic nitrogens is 2. The molecule has 1 N–H and O–H groups in total. The normalized spacial score (nSPS) is 13.3. The molecule has 2 heterocycles. The van der Waals surface area contributed by atoms with Crippen molar-refractivity contribution < 1.29 is 9.52 Å². The summed E-state index contributed by atoms with van der Waals surface area (Å²) in [7, 11) is 0. The third kappa shape index (κ3) is 1.86. The summed E-state index contributed by atoms with van der Waals surface area (Å²) in [6.07, 6.45) is 2.17. The van der Waals surface area contributed by atoms with Crippen LogP contribution >= 0.6 is 11.6 Å². The first-order valence-electron chi connectivity index (χ1n) is 5.05. The SMILES string of the molecule is CC(C)n1ncc(Cl)c1C(O)c1ccco1. The Hall–Kier alpha value is -1.26. The van der Waals surface area contributed by atoms with Gasteiger partial charge in [-0.3, -0.25) is 4.68 Å². The minimum atomic E-state index is -0.882. The van der Waals surface area contributed by atoms with E-state index in [0.717, 1.165) is 0 Å². The predicted molar refractivity (Wildman–Crippen MR) is 60.4 cm³/mol. The van der Waals surface area contributed by atoms with E-state index in [2.05, 4.69) is 5.10 Å². The second kappa shape index (κ2) is 4.31. The molecule has 1 atom stereocenters. The van der Waals surface area contributed by atoms with Gasteiger partial charge < -0.3 is 9.52 Å². The molecule has 0 saturated heterocycles. The van der Waals surface area contributed by atoms with Crippen molar-refractivity contribution in [1.29, 1.82) is 0 Å². The molecule has 0 radical (unpaired) electrons. The van der Waals surface area contributed by atoms with Crippen molar-refractivity contribution in [3.05, 3.63) is 41.1 Å². The Morgan fingerprint density at radius 3 is 2.81 bits per heavy atom. The average molecular weight is 241 g/mol. The van der Waals surface area contributed by atoms with Gasteiger partial charge in [-0.25, -0.2) is 0 Å². The van der Waals surface area contributed by atoms with Crippen molar-refractivity contribution in [3.8, 4) is 0 Å². The van der Waals surface area contributed by atoms with E-state index in [1.807, 2.05) is 13.8 Å². The van der Waals surface area contributed by atoms with Crippen molar-refractivity contribution in [2.75, 3.05) is 0 Å². The Kier molecular flexibility index (Phi) is 3.03. The molecule has 0 fully saturated rings. The monoisotopic (exact) mass is 240 g/mol. The molecule has 5 heteroatoms. The van der Waals surface area contributed by atoms with Crippen molar-refractivity contribution in [2.24, 2.45) is 0 Å². The van der Waals surface area contributed by atoms with Gasteiger partial charge in [0, 0.05) is 6.04 Å². The number of furan rings is 1. The molecule has 86 valence electrons. The molecule has 0 amide bonds. The van der Waals surface area contributed by atoms with Crippen molar-refractivity contribution >= 4 is 11.6 Å². The lowest BCUT2D eigenvalue weighted by Crippen LogP contribution is -2.12. The maximum Gasteiger partial charge on any atom is 0.155 e. The lowest BCUT2D eigenvalue weighted by molar-refractivity contribution is 0.176. The number of hydrogen-bond donors (Lipinski definition) is 1. The largest absolute Gasteiger partial charge is 0.466 e. The molecular weight excluding hydrogens is 228 g/mol. The molecule has 0 aliphatic rings. The van der Waals surface area contributed by atoms with E-state index < -0.39 is 6.10 Å². The zero-order chi connectivity index (χ0) is 11.7. The van der Waals surface area contributed by atoms with Gasteiger partial charge >= 0.3 is 0 Å². The van der Waals surface area contributed by atoms with E-state index in [4.69, 9.17) is 16.0 Å². The predicted octanol–water partition coefficient (Wildman–Crippen LogP) is 2.79. The van der Waals surface area contributed by atoms with Crippen molar-refractivity contribution in [1.82, 2.24) is 9.78 Å². The second-order valence-corrected chi connectivity index (χ2v) is 4.24. The van der Waals surface area contributed by atoms with Gasteiger partial charge in [-0.1, -0.05) is 11.6 Å². The molecule has 0 aromatic carbocycles. The van der Waals surface area contributed by atoms with Gasteiger partial charge in [0.2, 0.25) is 0 Å². The Labute approximate surface area is 98.4 Å². The maximum absolute atomic E-state index is 10.1. The highest BCUT2D eigenvalue weighted by Gasteiger charge is 2.22. The molecule has 16 heavy (non-hydrogen) atoms. The van der Waals surface area contributed by atoms with Crippen LogP contribution in [-0.2, 0) is 0 Å². The van der Waals surface area contributed by atoms with E-state index in [9.17, 15) is 5.11 Å². The molecule has 2 rings (SSSR count). The summed E-state index contributed by atoms with van der Waals surface area (Å²) < 4.78 is 6.85. The number of nitrogens with zero attached hydrogens (tertiary/aromatic N) is 2. The van der Waals surface area contributed by atoms with Crippen LogP contribution in [0, 0.1) is 0 Å². The number of aliphatic hydroxyl groups excluding tert-OH is 1. The fourth-order valence-electron chi connectivity index (χ4n) is 1.60. The fraction of sp³-hybridized carbons (Fsp3) is 0.364. The third-order valence-corrected chi connectivity index (χ3v) is 2.64. The first-order chi connectivity index (χ1) is 7.61. The van der Waals surface area contributed by atoms with Crippen molar-refractivity contribution in [2.45, 2.75) is 26.0 Å². The zero-order valence-corrected chi connectivity index (χ0v) is 9.85. The molecule has 1 unspecified atom stereocenters. The summed E-state index contributed by atoms with van der Waals surface area (Å²) in [6, 6.07) is 3.56. The van der Waals surface area contributed by atoms with Crippen LogP contribution in [0.2, 0.25) is 5.02 Å². The van der Waals surface area contributed by atoms with Crippen LogP contribution in [0.3, 0.4) is 0 Å². The molecule has 2 aromatic rings. The van der Waals surface area contributed by atoms with Gasteiger partial charge in [-0.05, 0) is 26.0 Å². The standard InChI is InChI=1S/C11H13ClN2O2/c1-7(2)14-10(8(12)6-13-14)11(15)9-4-3-5-16-9/h3-7,11,15H,1-2H3. The maximum atomic E-state index is 10.1. The van der Waals surface area contributed by atoms with Crippen molar-refractivity contribution in [3.63, 3.8) is 0 Å². The fourth-order valence-corrected chi connectivity index (χ4v) is 1.83. The first-order valence-corrected chi connectivity index (χ1v) is 5.43. The number of halogens is 1. The van der Waals surface area contributed by atoms with Crippen LogP contribution in [0.1, 0.15) is 37.4 Å². The number of rotatable bonds is 3. The smallest absolute Gasteiger partial charge is 0.155 e. The molecular formula is C11H13ClN2O2. The van der Waals surface area contributed by atoms with Crippen LogP contribution in [0.5, 0.6) is 0 Å². The number of aliphatic hydroxyl groups is 1. The van der Waals surface area contributed by atoms with Crippen LogP contribution in [0.4, 0.5) is 0 Å². The topological polar surface area (TPSA) is 51.2 Å². The highest BCUT2D eigenvalue weighted by Crippen LogP contribution is 2.30. The third-order valence-electron chi connectivity index (χ3n) is 2.35. The second-order valence-electron chi connectivity index (χ2n) is 3.83. The van der Waals surface area contributed by atoms with E-state index >= 15 is 0 Å². The summed E-state index contributed by atoms with van der Waals surface area (Å²) in [5.74, 6) is 0.462. The minimum Gasteiger partial charge on any atom is -0.466 e. The van der Waals surface area contributed by atoms with E-state index in [1.165, 1.54) is 12.5 Å². The lowest BCUT2D eigenvalue weighted by atomic mass is 10.2. The molecule has 2 aromatic heterocycles. The minimum absolute atomic E-state index is 0.132. The summed E-state index contributed by atoms with van der Waals surface area (Å²) >= 11 is 6.02. The Morgan fingerprint density at radius 2 is 2.25 bits per heavy atom. The summed E-state index contributed by atoms with van der Waals surface area (Å²) in [5, 5.41) is 14.7. The first kappa shape index (κ1) is 11.2. The van der Waals surface area contributed by atoms with Gasteiger partial charge in [-0.2, -0.15) is 5.10 Å². The van der Waals surface area contributed by atoms with Gasteiger partial charge in [0.25, 0.3) is 0 Å². The van der Waals surface area contributed by atoms with Crippen LogP contribution < -0.4 is 0 Å². The van der Waals surface area contributed by atoms with E-state index in [-0.39, 0.29) is 6.04 Å². The van der Waals surface area contributed by atoms with E-state index in [0.29, 0.717) is 16.5 Å². The highest BCUT2D eigenvalue weighted by molar-refractivity contribution is 6.31. The van der Waals surface area contributed by atoms with Gasteiger partial charge in [0.1, 0.15) is 5.76 Å². The molecule has 0 aliphatic heterocycles. The molecule has 0 aliphatic carbocycles. The molecule has 4 nitrogen and oxygen atoms in total. The van der Waals surface area contributed by atoms with Gasteiger partial charge in [0.15, 0.2) is 6.10 Å². The average Bonchev–Trinajstić information content (AvgIpc) is 2.84. The molecule has 0 bridgehead atoms. The Bertz CT molecular complexity index is 462. The zero-order valence-electron chi connectivity index (χ0n) is 9.09. The quantitative estimate of drug-likeness (QED) is 0.898. The van der Waals surface area contributed by atoms with Crippen LogP contribution in [0.25, 0.3) is 0 Å². The summed E-state index contributed by atoms with van der Waals surface area (Å²) in [5.41, 5.74) is 0.562. The molecule has 0 spiro atoms. The Balaban J connectivity index is 2.43. The van der Waals surface area contributed by atoms with E-state index in [1.54, 1.807) is 16.8 Å². The highest BCUT2D eigenvalue weighted by atomic mass is 35.5. The summed E-state index contributed by atoms with van der Waals surface area (Å²) in [4.78, 5) is 0. The Morgan fingerprint density at radius 1 is 1.50 bits per heavy atom. The van der Waals surface area contributed by atoms with Gasteiger partial charge in [0.05, 0.1) is 23.2 Å².